The van der Waals surface area contributed by atoms with E-state index in [2.05, 4.69) is 0 Å². The second-order valence-electron chi connectivity index (χ2n) is 4.62. The molecule has 0 amide bonds. The molecule has 0 atom stereocenters. The first-order valence-electron chi connectivity index (χ1n) is 6.92. The van der Waals surface area contributed by atoms with Gasteiger partial charge in [-0.1, -0.05) is 32.4 Å². The highest BCUT2D eigenvalue weighted by Crippen LogP contribution is 2.28. The van der Waals surface area contributed by atoms with Gasteiger partial charge in [0.05, 0.1) is 10.9 Å². The van der Waals surface area contributed by atoms with Crippen molar-refractivity contribution in [3.8, 4) is 5.75 Å². The minimum Gasteiger partial charge on any atom is -0.425 e. The van der Waals surface area contributed by atoms with E-state index >= 15 is 0 Å². The topological polar surface area (TPSA) is 56.5 Å². The van der Waals surface area contributed by atoms with Gasteiger partial charge in [-0.25, -0.2) is 4.79 Å². The summed E-state index contributed by atoms with van der Waals surface area (Å²) in [7, 11) is 0. The maximum absolute atomic E-state index is 12.1. The lowest BCUT2D eigenvalue weighted by Gasteiger charge is -2.11. The second kappa shape index (κ2) is 6.37. The van der Waals surface area contributed by atoms with Crippen LogP contribution in [0.25, 0.3) is 11.0 Å². The van der Waals surface area contributed by atoms with Crippen LogP contribution in [-0.2, 0) is 11.2 Å². The first kappa shape index (κ1) is 14.3. The summed E-state index contributed by atoms with van der Waals surface area (Å²) in [5, 5.41) is 0.667. The van der Waals surface area contributed by atoms with Crippen LogP contribution in [0.2, 0.25) is 0 Å². The molecule has 0 bridgehead atoms. The number of fused-ring (bicyclic) bond motifs is 1. The van der Waals surface area contributed by atoms with E-state index in [1.54, 1.807) is 25.1 Å². The third kappa shape index (κ3) is 2.90. The number of rotatable bonds is 5. The zero-order valence-corrected chi connectivity index (χ0v) is 11.8. The SMILES string of the molecule is CCCCc1c(OC(=O)CC)c2ccccc2oc1=O. The van der Waals surface area contributed by atoms with Gasteiger partial charge < -0.3 is 9.15 Å². The van der Waals surface area contributed by atoms with E-state index in [0.717, 1.165) is 12.8 Å². The Kier molecular flexibility index (Phi) is 4.56. The standard InChI is InChI=1S/C16H18O4/c1-3-5-8-12-15(20-14(17)4-2)11-9-6-7-10-13(11)19-16(12)18/h6-7,9-10H,3-5,8H2,1-2H3. The molecule has 0 saturated carbocycles. The number of benzene rings is 1. The predicted octanol–water partition coefficient (Wildman–Crippen LogP) is 3.45. The molecule has 2 rings (SSSR count). The van der Waals surface area contributed by atoms with Crippen LogP contribution < -0.4 is 10.4 Å². The fourth-order valence-corrected chi connectivity index (χ4v) is 2.03. The number of carbonyl (C=O) groups excluding carboxylic acids is 1. The minimum absolute atomic E-state index is 0.266. The number of hydrogen-bond donors (Lipinski definition) is 0. The number of unbranched alkanes of at least 4 members (excludes halogenated alkanes) is 1. The van der Waals surface area contributed by atoms with Crippen molar-refractivity contribution in [2.24, 2.45) is 0 Å². The highest BCUT2D eigenvalue weighted by molar-refractivity contribution is 5.87. The summed E-state index contributed by atoms with van der Waals surface area (Å²) in [6.45, 7) is 3.77. The first-order chi connectivity index (χ1) is 9.67. The molecule has 0 radical (unpaired) electrons. The number of para-hydroxylation sites is 1. The summed E-state index contributed by atoms with van der Waals surface area (Å²) < 4.78 is 10.7. The largest absolute Gasteiger partial charge is 0.425 e. The third-order valence-electron chi connectivity index (χ3n) is 3.14. The van der Waals surface area contributed by atoms with Crippen LogP contribution in [0.5, 0.6) is 5.75 Å². The van der Waals surface area contributed by atoms with Crippen molar-refractivity contribution < 1.29 is 13.9 Å². The summed E-state index contributed by atoms with van der Waals surface area (Å²) in [4.78, 5) is 23.7. The molecule has 0 aliphatic rings. The van der Waals surface area contributed by atoms with Crippen LogP contribution in [0.3, 0.4) is 0 Å². The lowest BCUT2D eigenvalue weighted by molar-refractivity contribution is -0.133. The molecule has 0 N–H and O–H groups in total. The Morgan fingerprint density at radius 2 is 2.00 bits per heavy atom. The monoisotopic (exact) mass is 274 g/mol. The van der Waals surface area contributed by atoms with Crippen LogP contribution >= 0.6 is 0 Å². The molecule has 1 heterocycles. The fourth-order valence-electron chi connectivity index (χ4n) is 2.03. The van der Waals surface area contributed by atoms with E-state index in [4.69, 9.17) is 9.15 Å². The lowest BCUT2D eigenvalue weighted by Crippen LogP contribution is -2.14. The Bertz CT molecular complexity index is 670. The molecule has 1 aromatic carbocycles. The van der Waals surface area contributed by atoms with Crippen molar-refractivity contribution in [2.75, 3.05) is 0 Å². The van der Waals surface area contributed by atoms with Gasteiger partial charge in [-0.15, -0.1) is 0 Å². The number of hydrogen-bond acceptors (Lipinski definition) is 4. The summed E-state index contributed by atoms with van der Waals surface area (Å²) in [6, 6.07) is 7.10. The van der Waals surface area contributed by atoms with E-state index in [0.29, 0.717) is 28.7 Å². The normalized spacial score (nSPS) is 10.7. The average molecular weight is 274 g/mol. The molecule has 0 aliphatic carbocycles. The van der Waals surface area contributed by atoms with Crippen molar-refractivity contribution in [3.05, 3.63) is 40.2 Å². The maximum Gasteiger partial charge on any atom is 0.343 e. The second-order valence-corrected chi connectivity index (χ2v) is 4.62. The van der Waals surface area contributed by atoms with Gasteiger partial charge in [-0.2, -0.15) is 0 Å². The Morgan fingerprint density at radius 1 is 1.25 bits per heavy atom. The Hall–Kier alpha value is -2.10. The average Bonchev–Trinajstić information content (AvgIpc) is 2.46. The van der Waals surface area contributed by atoms with Gasteiger partial charge in [0.15, 0.2) is 5.75 Å². The quantitative estimate of drug-likeness (QED) is 0.619. The van der Waals surface area contributed by atoms with Crippen LogP contribution in [-0.4, -0.2) is 5.97 Å². The molecular weight excluding hydrogens is 256 g/mol. The van der Waals surface area contributed by atoms with Crippen LogP contribution in [0.4, 0.5) is 0 Å². The van der Waals surface area contributed by atoms with Gasteiger partial charge in [0.2, 0.25) is 0 Å². The molecule has 0 aliphatic heterocycles. The molecule has 4 nitrogen and oxygen atoms in total. The van der Waals surface area contributed by atoms with Crippen molar-refractivity contribution in [3.63, 3.8) is 0 Å². The van der Waals surface area contributed by atoms with Crippen molar-refractivity contribution >= 4 is 16.9 Å². The number of esters is 1. The molecule has 106 valence electrons. The van der Waals surface area contributed by atoms with Gasteiger partial charge in [-0.3, -0.25) is 4.79 Å². The summed E-state index contributed by atoms with van der Waals surface area (Å²) in [5.74, 6) is 0.00986. The first-order valence-corrected chi connectivity index (χ1v) is 6.92. The highest BCUT2D eigenvalue weighted by atomic mass is 16.5. The Balaban J connectivity index is 2.61. The summed E-state index contributed by atoms with van der Waals surface area (Å²) >= 11 is 0. The van der Waals surface area contributed by atoms with E-state index in [-0.39, 0.29) is 12.4 Å². The van der Waals surface area contributed by atoms with E-state index in [9.17, 15) is 9.59 Å². The van der Waals surface area contributed by atoms with Crippen molar-refractivity contribution in [1.82, 2.24) is 0 Å². The zero-order valence-electron chi connectivity index (χ0n) is 11.8. The molecule has 0 saturated heterocycles. The smallest absolute Gasteiger partial charge is 0.343 e. The minimum atomic E-state index is -0.420. The van der Waals surface area contributed by atoms with Gasteiger partial charge in [0.25, 0.3) is 0 Å². The molecule has 2 aromatic rings. The van der Waals surface area contributed by atoms with Crippen LogP contribution in [0, 0.1) is 0 Å². The molecule has 1 aromatic heterocycles. The maximum atomic E-state index is 12.1. The third-order valence-corrected chi connectivity index (χ3v) is 3.14. The van der Waals surface area contributed by atoms with Gasteiger partial charge in [-0.05, 0) is 25.0 Å². The van der Waals surface area contributed by atoms with Gasteiger partial charge >= 0.3 is 11.6 Å². The van der Waals surface area contributed by atoms with Crippen LogP contribution in [0.1, 0.15) is 38.7 Å². The van der Waals surface area contributed by atoms with Gasteiger partial charge in [0.1, 0.15) is 5.58 Å². The van der Waals surface area contributed by atoms with E-state index < -0.39 is 5.63 Å². The molecule has 0 spiro atoms. The lowest BCUT2D eigenvalue weighted by atomic mass is 10.1. The fraction of sp³-hybridized carbons (Fsp3) is 0.375. The Labute approximate surface area is 117 Å². The number of ether oxygens (including phenoxy) is 1. The Morgan fingerprint density at radius 3 is 2.70 bits per heavy atom. The van der Waals surface area contributed by atoms with E-state index in [1.807, 2.05) is 13.0 Å². The highest BCUT2D eigenvalue weighted by Gasteiger charge is 2.17. The summed E-state index contributed by atoms with van der Waals surface area (Å²) in [5.41, 5.74) is 0.472. The molecule has 20 heavy (non-hydrogen) atoms. The van der Waals surface area contributed by atoms with Crippen molar-refractivity contribution in [1.29, 1.82) is 0 Å². The molecule has 0 unspecified atom stereocenters. The van der Waals surface area contributed by atoms with Gasteiger partial charge in [0, 0.05) is 6.42 Å². The summed E-state index contributed by atoms with van der Waals surface area (Å²) in [6.07, 6.45) is 2.62. The zero-order chi connectivity index (χ0) is 14.5. The molecule has 4 heteroatoms. The predicted molar refractivity (Wildman–Crippen MR) is 77.0 cm³/mol. The van der Waals surface area contributed by atoms with Crippen LogP contribution in [0.15, 0.2) is 33.5 Å². The van der Waals surface area contributed by atoms with E-state index in [1.165, 1.54) is 0 Å². The molecule has 0 fully saturated rings. The number of carbonyl (C=O) groups is 1. The molecular formula is C16H18O4. The van der Waals surface area contributed by atoms with Crippen molar-refractivity contribution in [2.45, 2.75) is 39.5 Å².